The second-order valence-electron chi connectivity index (χ2n) is 20.4. The second kappa shape index (κ2) is 19.4. The van der Waals surface area contributed by atoms with Crippen LogP contribution >= 0.6 is 0 Å². The van der Waals surface area contributed by atoms with Gasteiger partial charge in [0, 0.05) is 90.7 Å². The van der Waals surface area contributed by atoms with Crippen molar-refractivity contribution in [1.29, 1.82) is 0 Å². The first kappa shape index (κ1) is 50.7. The van der Waals surface area contributed by atoms with E-state index in [2.05, 4.69) is 46.5 Å². The maximum atomic E-state index is 14.2. The second-order valence-corrected chi connectivity index (χ2v) is 20.4. The van der Waals surface area contributed by atoms with Crippen LogP contribution in [-0.4, -0.2) is 66.9 Å². The van der Waals surface area contributed by atoms with Gasteiger partial charge in [0.25, 0.3) is 0 Å². The number of hydrogen-bond donors (Lipinski definition) is 1. The summed E-state index contributed by atoms with van der Waals surface area (Å²) in [5.74, 6) is 1.27. The molecule has 13 rings (SSSR count). The molecule has 4 aromatic carbocycles. The zero-order valence-electron chi connectivity index (χ0n) is 45.1. The Balaban J connectivity index is 0.00000609. The van der Waals surface area contributed by atoms with Crippen molar-refractivity contribution in [2.45, 2.75) is 139 Å². The van der Waals surface area contributed by atoms with Gasteiger partial charge < -0.3 is 34.9 Å². The predicted octanol–water partition coefficient (Wildman–Crippen LogP) is 8.99. The van der Waals surface area contributed by atoms with Gasteiger partial charge in [-0.3, -0.25) is 32.0 Å². The van der Waals surface area contributed by atoms with Crippen LogP contribution in [0.25, 0.3) is 134 Å². The molecule has 0 unspecified atom stereocenters. The standard InChI is InChI=1S/C57H59N16O4.Zn/c1-8-15-67-39-23-31-30(22-38(39)58-54(67)74)46-59-47(31)61-49-34-26-42-43(71(19-12-5)56(76)70(42)18-11-4)27-35(34)51(63-49)65-53-37-29-45-44(72(20-13-6)57(77)73(45)21-14-7)28-36(37)52(66-53)64-50-33-25-41-40(24-32(33)48(60-46)62-50)68(16-9-2)55(75)69(41)17-10-3;/h22-29H,8-21H2,1-7H3,(H2-,58,59,60,61,62,63,64,65,66,74);/q-1;+2/p-1. The molecule has 8 bridgehead atoms. The Labute approximate surface area is 457 Å². The van der Waals surface area contributed by atoms with Crippen molar-refractivity contribution >= 4 is 88.3 Å². The number of aromatic amines is 1. The number of nitrogens with one attached hydrogen (secondary N) is 1. The van der Waals surface area contributed by atoms with E-state index in [0.717, 1.165) is 78.0 Å². The average molecular weight is 1100 g/mol. The number of nitrogens with zero attached hydrogens (tertiary/aromatic N) is 15. The maximum absolute atomic E-state index is 14.2. The normalized spacial score (nSPS) is 12.3. The Kier molecular flexibility index (Phi) is 12.6. The monoisotopic (exact) mass is 1090 g/mol. The molecule has 0 saturated carbocycles. The van der Waals surface area contributed by atoms with Crippen molar-refractivity contribution in [1.82, 2.24) is 76.8 Å². The van der Waals surface area contributed by atoms with Gasteiger partial charge in [0.15, 0.2) is 0 Å². The van der Waals surface area contributed by atoms with Crippen molar-refractivity contribution < 1.29 is 19.5 Å². The Bertz CT molecular complexity index is 4720. The number of hydrogen-bond acceptors (Lipinski definition) is 10. The summed E-state index contributed by atoms with van der Waals surface area (Å²) in [5, 5.41) is 2.61. The van der Waals surface area contributed by atoms with Gasteiger partial charge in [-0.15, -0.1) is 0 Å². The number of aryl methyl sites for hydroxylation is 7. The Hall–Kier alpha value is -8.06. The number of fused-ring (bicyclic) bond motifs is 24. The van der Waals surface area contributed by atoms with Crippen LogP contribution in [0.1, 0.15) is 93.4 Å². The van der Waals surface area contributed by atoms with Crippen LogP contribution in [0.15, 0.2) is 67.7 Å². The van der Waals surface area contributed by atoms with Crippen LogP contribution in [0.5, 0.6) is 0 Å². The third-order valence-electron chi connectivity index (χ3n) is 15.1. The molecule has 0 saturated heterocycles. The molecule has 0 radical (unpaired) electrons. The van der Waals surface area contributed by atoms with E-state index in [1.807, 2.05) is 82.9 Å². The van der Waals surface area contributed by atoms with Crippen molar-refractivity contribution in [3.63, 3.8) is 0 Å². The summed E-state index contributed by atoms with van der Waals surface area (Å²) in [5.41, 5.74) is 9.23. The Morgan fingerprint density at radius 2 is 0.603 bits per heavy atom. The minimum absolute atomic E-state index is 0. The first-order chi connectivity index (χ1) is 37.5. The van der Waals surface area contributed by atoms with Crippen LogP contribution in [0.3, 0.4) is 0 Å². The molecule has 0 amide bonds. The van der Waals surface area contributed by atoms with Crippen molar-refractivity contribution in [3.8, 4) is 45.6 Å². The fraction of sp³-hybridized carbons (Fsp3) is 0.368. The summed E-state index contributed by atoms with van der Waals surface area (Å²) < 4.78 is 12.7. The van der Waals surface area contributed by atoms with Gasteiger partial charge in [-0.1, -0.05) is 48.5 Å². The molecule has 7 aromatic heterocycles. The molecular weight excluding hydrogens is 1040 g/mol. The zero-order chi connectivity index (χ0) is 53.1. The smallest absolute Gasteiger partial charge is 0.357 e. The van der Waals surface area contributed by atoms with E-state index < -0.39 is 0 Å². The Morgan fingerprint density at radius 3 is 0.897 bits per heavy atom. The van der Waals surface area contributed by atoms with E-state index >= 15 is 0 Å². The summed E-state index contributed by atoms with van der Waals surface area (Å²) in [7, 11) is 0. The van der Waals surface area contributed by atoms with Crippen molar-refractivity contribution in [2.24, 2.45) is 0 Å². The first-order valence-electron chi connectivity index (χ1n) is 27.3. The number of imidazole rings is 4. The van der Waals surface area contributed by atoms with Gasteiger partial charge in [0.2, 0.25) is 0 Å². The topological polar surface area (TPSA) is 224 Å². The number of aromatic nitrogens is 16. The van der Waals surface area contributed by atoms with Crippen molar-refractivity contribution in [3.05, 3.63) is 90.5 Å². The van der Waals surface area contributed by atoms with Crippen LogP contribution in [0.2, 0.25) is 0 Å². The SMILES string of the molecule is CCCn1c(=O)[nH]c2cc3c(cc21)-c1nc-3nc2[n-]c(nc3nc(nc4[n-]c(n1)c1cc5c(cc41)n(CCC)c(=O)n5CCC)-c1cc4c(cc1-3)n(CCC)c(=O)n4CCC)c1cc3c(cc21)n(CCC)c(=O)n3CCC.[Zn+2]. The Morgan fingerprint density at radius 1 is 0.346 bits per heavy atom. The maximum Gasteiger partial charge on any atom is 2.00 e. The molecule has 0 spiro atoms. The quantitative estimate of drug-likeness (QED) is 0.101. The summed E-state index contributed by atoms with van der Waals surface area (Å²) in [6.45, 7) is 18.0. The summed E-state index contributed by atoms with van der Waals surface area (Å²) in [6, 6.07) is 15.8. The number of benzene rings is 4. The summed E-state index contributed by atoms with van der Waals surface area (Å²) in [6.07, 6.45) is 5.24. The third kappa shape index (κ3) is 7.54. The fourth-order valence-corrected chi connectivity index (χ4v) is 11.8. The molecule has 78 heavy (non-hydrogen) atoms. The van der Waals surface area contributed by atoms with Crippen LogP contribution in [-0.2, 0) is 65.3 Å². The molecule has 0 fully saturated rings. The van der Waals surface area contributed by atoms with E-state index in [4.69, 9.17) is 39.9 Å². The predicted molar refractivity (Wildman–Crippen MR) is 301 cm³/mol. The van der Waals surface area contributed by atoms with Crippen molar-refractivity contribution in [2.75, 3.05) is 0 Å². The van der Waals surface area contributed by atoms with E-state index in [-0.39, 0.29) is 42.2 Å². The van der Waals surface area contributed by atoms with Gasteiger partial charge in [-0.2, -0.15) is 0 Å². The third-order valence-corrected chi connectivity index (χ3v) is 15.1. The minimum Gasteiger partial charge on any atom is -0.357 e. The van der Waals surface area contributed by atoms with E-state index in [1.54, 1.807) is 4.57 Å². The molecule has 1 N–H and O–H groups in total. The van der Waals surface area contributed by atoms with Gasteiger partial charge in [-0.25, -0.2) is 29.1 Å². The number of rotatable bonds is 14. The largest absolute Gasteiger partial charge is 2.00 e. The molecule has 11 aromatic rings. The van der Waals surface area contributed by atoms with Crippen LogP contribution in [0, 0.1) is 0 Å². The van der Waals surface area contributed by atoms with Gasteiger partial charge in [0.1, 0.15) is 0 Å². The molecule has 392 valence electrons. The molecule has 2 aliphatic rings. The van der Waals surface area contributed by atoms with E-state index in [9.17, 15) is 19.2 Å². The van der Waals surface area contributed by atoms with Crippen LogP contribution in [0.4, 0.5) is 0 Å². The van der Waals surface area contributed by atoms with Crippen LogP contribution < -0.4 is 32.7 Å². The first-order valence-corrected chi connectivity index (χ1v) is 27.3. The minimum atomic E-state index is -0.225. The fourth-order valence-electron chi connectivity index (χ4n) is 11.8. The van der Waals surface area contributed by atoms with E-state index in [0.29, 0.717) is 147 Å². The molecule has 9 heterocycles. The average Bonchev–Trinajstić information content (AvgIpc) is 4.49. The molecule has 0 atom stereocenters. The van der Waals surface area contributed by atoms with Gasteiger partial charge >= 0.3 is 42.2 Å². The molecule has 0 aliphatic carbocycles. The molecule has 21 heteroatoms. The summed E-state index contributed by atoms with van der Waals surface area (Å²) >= 11 is 0. The van der Waals surface area contributed by atoms with E-state index in [1.165, 1.54) is 0 Å². The van der Waals surface area contributed by atoms with Gasteiger partial charge in [-0.05, 0) is 115 Å². The molecular formula is C57H58N16O4Zn. The molecule has 20 nitrogen and oxygen atoms in total. The number of H-pyrrole nitrogens is 1. The van der Waals surface area contributed by atoms with Gasteiger partial charge in [0.05, 0.1) is 67.4 Å². The summed E-state index contributed by atoms with van der Waals surface area (Å²) in [4.78, 5) is 101. The molecule has 2 aliphatic heterocycles. The zero-order valence-corrected chi connectivity index (χ0v) is 48.0.